The molecule has 0 heterocycles. The molecule has 128 valence electrons. The van der Waals surface area contributed by atoms with Crippen LogP contribution in [0.5, 0.6) is 0 Å². The van der Waals surface area contributed by atoms with Crippen LogP contribution in [0.2, 0.25) is 0 Å². The Balaban J connectivity index is 2.36. The van der Waals surface area contributed by atoms with Gasteiger partial charge in [-0.15, -0.1) is 0 Å². The molecule has 2 atom stereocenters. The molecule has 0 aliphatic carbocycles. The van der Waals surface area contributed by atoms with Crippen molar-refractivity contribution in [3.05, 3.63) is 35.9 Å². The number of carbonyl (C=O) groups is 2. The number of benzene rings is 1. The number of hydrogen-bond donors (Lipinski definition) is 2. The van der Waals surface area contributed by atoms with E-state index in [0.29, 0.717) is 12.3 Å². The largest absolute Gasteiger partial charge is 0.480 e. The molecular formula is C18H27NO4. The van der Waals surface area contributed by atoms with Gasteiger partial charge in [0.05, 0.1) is 0 Å². The molecule has 1 rings (SSSR count). The highest BCUT2D eigenvalue weighted by Crippen LogP contribution is 2.15. The molecule has 1 aromatic carbocycles. The highest BCUT2D eigenvalue weighted by Gasteiger charge is 2.21. The van der Waals surface area contributed by atoms with Gasteiger partial charge >= 0.3 is 12.1 Å². The molecule has 0 bridgehead atoms. The van der Waals surface area contributed by atoms with Crippen molar-refractivity contribution in [3.63, 3.8) is 0 Å². The monoisotopic (exact) mass is 321 g/mol. The van der Waals surface area contributed by atoms with Crippen LogP contribution in [0, 0.1) is 5.92 Å². The minimum atomic E-state index is -1.02. The van der Waals surface area contributed by atoms with Crippen LogP contribution in [0.3, 0.4) is 0 Å². The summed E-state index contributed by atoms with van der Waals surface area (Å²) in [5, 5.41) is 11.7. The van der Waals surface area contributed by atoms with E-state index in [0.717, 1.165) is 31.2 Å². The van der Waals surface area contributed by atoms with Crippen molar-refractivity contribution in [2.24, 2.45) is 5.92 Å². The molecular weight excluding hydrogens is 294 g/mol. The number of carbonyl (C=O) groups excluding carboxylic acids is 1. The van der Waals surface area contributed by atoms with Crippen LogP contribution in [0.15, 0.2) is 30.3 Å². The first-order chi connectivity index (χ1) is 11.0. The van der Waals surface area contributed by atoms with E-state index in [1.54, 1.807) is 0 Å². The van der Waals surface area contributed by atoms with E-state index in [9.17, 15) is 14.7 Å². The van der Waals surface area contributed by atoms with Crippen molar-refractivity contribution in [1.82, 2.24) is 5.32 Å². The highest BCUT2D eigenvalue weighted by atomic mass is 16.5. The maximum atomic E-state index is 11.8. The van der Waals surface area contributed by atoms with Gasteiger partial charge in [-0.25, -0.2) is 9.59 Å². The van der Waals surface area contributed by atoms with E-state index in [1.807, 2.05) is 30.3 Å². The lowest BCUT2D eigenvalue weighted by Gasteiger charge is -2.17. The van der Waals surface area contributed by atoms with Crippen molar-refractivity contribution in [3.8, 4) is 0 Å². The van der Waals surface area contributed by atoms with Crippen molar-refractivity contribution in [2.75, 3.05) is 0 Å². The molecule has 5 nitrogen and oxygen atoms in total. The molecule has 1 amide bonds. The maximum Gasteiger partial charge on any atom is 0.408 e. The molecule has 23 heavy (non-hydrogen) atoms. The first-order valence-electron chi connectivity index (χ1n) is 8.23. The van der Waals surface area contributed by atoms with E-state index in [2.05, 4.69) is 19.2 Å². The molecule has 1 aromatic rings. The smallest absolute Gasteiger partial charge is 0.408 e. The lowest BCUT2D eigenvalue weighted by Crippen LogP contribution is -2.41. The van der Waals surface area contributed by atoms with Gasteiger partial charge in [0.1, 0.15) is 12.6 Å². The van der Waals surface area contributed by atoms with Gasteiger partial charge in [0.15, 0.2) is 0 Å². The number of aliphatic carboxylic acids is 1. The van der Waals surface area contributed by atoms with E-state index in [4.69, 9.17) is 4.74 Å². The van der Waals surface area contributed by atoms with Gasteiger partial charge in [-0.2, -0.15) is 0 Å². The van der Waals surface area contributed by atoms with Crippen LogP contribution in [0.25, 0.3) is 0 Å². The fourth-order valence-electron chi connectivity index (χ4n) is 2.31. The van der Waals surface area contributed by atoms with Crippen molar-refractivity contribution in [1.29, 1.82) is 0 Å². The SMILES string of the molecule is CCCCC(C)CCC(NC(=O)OCc1ccccc1)C(=O)O. The first-order valence-corrected chi connectivity index (χ1v) is 8.23. The number of hydrogen-bond acceptors (Lipinski definition) is 3. The van der Waals surface area contributed by atoms with E-state index in [-0.39, 0.29) is 6.61 Å². The number of unbranched alkanes of at least 4 members (excludes halogenated alkanes) is 1. The lowest BCUT2D eigenvalue weighted by molar-refractivity contribution is -0.139. The Hall–Kier alpha value is -2.04. The summed E-state index contributed by atoms with van der Waals surface area (Å²) in [7, 11) is 0. The Labute approximate surface area is 138 Å². The second-order valence-electron chi connectivity index (χ2n) is 5.92. The summed E-state index contributed by atoms with van der Waals surface area (Å²) in [6.07, 6.45) is 3.86. The summed E-state index contributed by atoms with van der Waals surface area (Å²) in [6, 6.07) is 8.38. The molecule has 0 fully saturated rings. The average molecular weight is 321 g/mol. The van der Waals surface area contributed by atoms with Gasteiger partial charge in [0.25, 0.3) is 0 Å². The lowest BCUT2D eigenvalue weighted by atomic mass is 9.96. The van der Waals surface area contributed by atoms with E-state index in [1.165, 1.54) is 0 Å². The molecule has 0 aromatic heterocycles. The maximum absolute atomic E-state index is 11.8. The minimum Gasteiger partial charge on any atom is -0.480 e. The van der Waals surface area contributed by atoms with Gasteiger partial charge < -0.3 is 15.2 Å². The number of rotatable bonds is 10. The fraction of sp³-hybridized carbons (Fsp3) is 0.556. The van der Waals surface area contributed by atoms with Crippen molar-refractivity contribution in [2.45, 2.75) is 58.6 Å². The van der Waals surface area contributed by atoms with Gasteiger partial charge in [0.2, 0.25) is 0 Å². The predicted molar refractivity (Wildman–Crippen MR) is 89.1 cm³/mol. The summed E-state index contributed by atoms with van der Waals surface area (Å²) < 4.78 is 5.07. The second-order valence-corrected chi connectivity index (χ2v) is 5.92. The molecule has 5 heteroatoms. The molecule has 0 saturated carbocycles. The van der Waals surface area contributed by atoms with Crippen LogP contribution in [0.1, 0.15) is 51.5 Å². The molecule has 2 N–H and O–H groups in total. The number of ether oxygens (including phenoxy) is 1. The zero-order valence-electron chi connectivity index (χ0n) is 14.0. The minimum absolute atomic E-state index is 0.131. The van der Waals surface area contributed by atoms with Crippen LogP contribution in [-0.2, 0) is 16.1 Å². The van der Waals surface area contributed by atoms with Gasteiger partial charge in [-0.05, 0) is 24.3 Å². The fourth-order valence-corrected chi connectivity index (χ4v) is 2.31. The summed E-state index contributed by atoms with van der Waals surface area (Å²) in [5.41, 5.74) is 0.864. The zero-order chi connectivity index (χ0) is 17.1. The molecule has 0 spiro atoms. The van der Waals surface area contributed by atoms with Gasteiger partial charge in [0, 0.05) is 0 Å². The Morgan fingerprint density at radius 3 is 2.48 bits per heavy atom. The van der Waals surface area contributed by atoms with Gasteiger partial charge in [-0.1, -0.05) is 63.4 Å². The molecule has 0 aliphatic rings. The van der Waals surface area contributed by atoms with Crippen molar-refractivity contribution >= 4 is 12.1 Å². The number of amides is 1. The quantitative estimate of drug-likeness (QED) is 0.683. The van der Waals surface area contributed by atoms with Crippen LogP contribution in [0.4, 0.5) is 4.79 Å². The number of carboxylic acids is 1. The van der Waals surface area contributed by atoms with E-state index < -0.39 is 18.1 Å². The number of alkyl carbamates (subject to hydrolysis) is 1. The molecule has 0 radical (unpaired) electrons. The summed E-state index contributed by atoms with van der Waals surface area (Å²) in [5.74, 6) is -0.566. The Morgan fingerprint density at radius 2 is 1.87 bits per heavy atom. The second kappa shape index (κ2) is 10.6. The topological polar surface area (TPSA) is 75.6 Å². The number of nitrogens with one attached hydrogen (secondary N) is 1. The standard InChI is InChI=1S/C18H27NO4/c1-3-4-8-14(2)11-12-16(17(20)21)19-18(22)23-13-15-9-6-5-7-10-15/h5-7,9-10,14,16H,3-4,8,11-13H2,1-2H3,(H,19,22)(H,20,21). The van der Waals surface area contributed by atoms with Gasteiger partial charge in [-0.3, -0.25) is 0 Å². The zero-order valence-corrected chi connectivity index (χ0v) is 14.0. The third-order valence-corrected chi connectivity index (χ3v) is 3.80. The van der Waals surface area contributed by atoms with Crippen LogP contribution < -0.4 is 5.32 Å². The average Bonchev–Trinajstić information content (AvgIpc) is 2.55. The molecule has 0 aliphatic heterocycles. The van der Waals surface area contributed by atoms with Crippen molar-refractivity contribution < 1.29 is 19.4 Å². The summed E-state index contributed by atoms with van der Waals surface area (Å²) in [6.45, 7) is 4.38. The van der Waals surface area contributed by atoms with E-state index >= 15 is 0 Å². The first kappa shape index (κ1) is 19.0. The number of carboxylic acid groups (broad SMARTS) is 1. The Kier molecular flexibility index (Phi) is 8.80. The Morgan fingerprint density at radius 1 is 1.17 bits per heavy atom. The third-order valence-electron chi connectivity index (χ3n) is 3.80. The normalized spacial score (nSPS) is 13.1. The third kappa shape index (κ3) is 8.24. The molecule has 0 saturated heterocycles. The summed E-state index contributed by atoms with van der Waals surface area (Å²) >= 11 is 0. The predicted octanol–water partition coefficient (Wildman–Crippen LogP) is 3.97. The highest BCUT2D eigenvalue weighted by molar-refractivity contribution is 5.79. The molecule has 2 unspecified atom stereocenters. The summed E-state index contributed by atoms with van der Waals surface area (Å²) in [4.78, 5) is 23.0. The Bertz CT molecular complexity index is 475. The van der Waals surface area contributed by atoms with Crippen LogP contribution >= 0.6 is 0 Å². The van der Waals surface area contributed by atoms with Crippen LogP contribution in [-0.4, -0.2) is 23.2 Å².